The first-order valence-electron chi connectivity index (χ1n) is 8.35. The van der Waals surface area contributed by atoms with Crippen LogP contribution in [0.5, 0.6) is 0 Å². The Morgan fingerprint density at radius 3 is 2.39 bits per heavy atom. The molecule has 6 nitrogen and oxygen atoms in total. The van der Waals surface area contributed by atoms with Crippen LogP contribution < -0.4 is 5.32 Å². The van der Waals surface area contributed by atoms with Crippen molar-refractivity contribution in [2.75, 3.05) is 20.6 Å². The van der Waals surface area contributed by atoms with E-state index in [1.807, 2.05) is 34.3 Å². The summed E-state index contributed by atoms with van der Waals surface area (Å²) in [5.74, 6) is -0.390. The number of hydrogen-bond donors (Lipinski definition) is 2. The fourth-order valence-corrected chi connectivity index (χ4v) is 5.12. The molecule has 0 aliphatic carbocycles. The lowest BCUT2D eigenvalue weighted by molar-refractivity contribution is 0.0721. The van der Waals surface area contributed by atoms with Crippen LogP contribution in [0.25, 0.3) is 0 Å². The van der Waals surface area contributed by atoms with E-state index in [1.165, 1.54) is 61.0 Å². The highest BCUT2D eigenvalue weighted by Crippen LogP contribution is 2.33. The summed E-state index contributed by atoms with van der Waals surface area (Å²) in [5, 5.41) is 19.6. The van der Waals surface area contributed by atoms with E-state index in [9.17, 15) is 18.3 Å². The number of nitrogens with zero attached hydrogens (tertiary/aromatic N) is 1. The van der Waals surface area contributed by atoms with Gasteiger partial charge in [0.2, 0.25) is 10.0 Å². The highest BCUT2D eigenvalue weighted by Gasteiger charge is 2.33. The average molecular weight is 437 g/mol. The van der Waals surface area contributed by atoms with E-state index in [0.29, 0.717) is 11.1 Å². The number of nitrogens with one attached hydrogen (secondary N) is 1. The number of thiophene rings is 2. The maximum atomic E-state index is 12.5. The Bertz CT molecular complexity index is 991. The second kappa shape index (κ2) is 8.14. The minimum atomic E-state index is -3.55. The molecule has 0 bridgehead atoms. The van der Waals surface area contributed by atoms with Crippen LogP contribution >= 0.6 is 22.7 Å². The minimum Gasteiger partial charge on any atom is -0.378 e. The molecule has 1 amide bonds. The standard InChI is InChI=1S/C19H20N2O4S3/c1-21(2)28(24,25)16-7-5-14(6-8-16)18(22)20-13-19(23,15-9-11-26-12-15)17-4-3-10-27-17/h3-12,23H,13H2,1-2H3,(H,20,22). The van der Waals surface area contributed by atoms with Crippen LogP contribution in [0.2, 0.25) is 0 Å². The van der Waals surface area contributed by atoms with Crippen LogP contribution in [-0.4, -0.2) is 44.4 Å². The van der Waals surface area contributed by atoms with Gasteiger partial charge in [-0.25, -0.2) is 12.7 Å². The Hall–Kier alpha value is -2.04. The molecule has 0 fully saturated rings. The molecular formula is C19H20N2O4S3. The van der Waals surface area contributed by atoms with Crippen LogP contribution in [0, 0.1) is 0 Å². The zero-order valence-corrected chi connectivity index (χ0v) is 17.8. The Morgan fingerprint density at radius 1 is 1.14 bits per heavy atom. The molecule has 9 heteroatoms. The van der Waals surface area contributed by atoms with Gasteiger partial charge in [0, 0.05) is 30.1 Å². The number of aliphatic hydroxyl groups is 1. The first-order chi connectivity index (χ1) is 13.2. The summed E-state index contributed by atoms with van der Waals surface area (Å²) in [6.45, 7) is 0.000821. The summed E-state index contributed by atoms with van der Waals surface area (Å²) in [4.78, 5) is 13.4. The lowest BCUT2D eigenvalue weighted by Gasteiger charge is -2.27. The summed E-state index contributed by atoms with van der Waals surface area (Å²) in [6.07, 6.45) is 0. The van der Waals surface area contributed by atoms with E-state index < -0.39 is 15.6 Å². The maximum absolute atomic E-state index is 12.5. The van der Waals surface area contributed by atoms with Gasteiger partial charge in [0.05, 0.1) is 11.4 Å². The van der Waals surface area contributed by atoms with Gasteiger partial charge >= 0.3 is 0 Å². The normalized spacial score (nSPS) is 14.0. The van der Waals surface area contributed by atoms with E-state index in [4.69, 9.17) is 0 Å². The lowest BCUT2D eigenvalue weighted by atomic mass is 9.94. The second-order valence-corrected chi connectivity index (χ2v) is 10.2. The highest BCUT2D eigenvalue weighted by molar-refractivity contribution is 7.89. The van der Waals surface area contributed by atoms with Gasteiger partial charge in [0.25, 0.3) is 5.91 Å². The van der Waals surface area contributed by atoms with Gasteiger partial charge in [-0.3, -0.25) is 4.79 Å². The van der Waals surface area contributed by atoms with Gasteiger partial charge in [-0.1, -0.05) is 6.07 Å². The molecular weight excluding hydrogens is 416 g/mol. The molecule has 28 heavy (non-hydrogen) atoms. The van der Waals surface area contributed by atoms with Crippen LogP contribution in [0.15, 0.2) is 63.5 Å². The number of amides is 1. The zero-order valence-electron chi connectivity index (χ0n) is 15.3. The van der Waals surface area contributed by atoms with E-state index in [-0.39, 0.29) is 17.3 Å². The van der Waals surface area contributed by atoms with Crippen molar-refractivity contribution < 1.29 is 18.3 Å². The molecule has 1 aromatic carbocycles. The van der Waals surface area contributed by atoms with E-state index in [0.717, 1.165) is 9.18 Å². The number of carbonyl (C=O) groups is 1. The summed E-state index contributed by atoms with van der Waals surface area (Å²) >= 11 is 2.89. The molecule has 0 spiro atoms. The van der Waals surface area contributed by atoms with Crippen LogP contribution in [0.1, 0.15) is 20.8 Å². The molecule has 148 valence electrons. The minimum absolute atomic E-state index is 0.000821. The number of sulfonamides is 1. The summed E-state index contributed by atoms with van der Waals surface area (Å²) < 4.78 is 25.4. The smallest absolute Gasteiger partial charge is 0.251 e. The number of carbonyl (C=O) groups excluding carboxylic acids is 1. The van der Waals surface area contributed by atoms with Gasteiger partial charge in [-0.2, -0.15) is 11.3 Å². The van der Waals surface area contributed by atoms with Gasteiger partial charge < -0.3 is 10.4 Å². The molecule has 0 radical (unpaired) electrons. The fraction of sp³-hybridized carbons (Fsp3) is 0.211. The third kappa shape index (κ3) is 4.03. The lowest BCUT2D eigenvalue weighted by Crippen LogP contribution is -2.41. The number of benzene rings is 1. The fourth-order valence-electron chi connectivity index (χ4n) is 2.64. The average Bonchev–Trinajstić information content (AvgIpc) is 3.40. The van der Waals surface area contributed by atoms with E-state index in [2.05, 4.69) is 5.32 Å². The molecule has 3 aromatic rings. The molecule has 0 aliphatic heterocycles. The monoisotopic (exact) mass is 436 g/mol. The van der Waals surface area contributed by atoms with Crippen molar-refractivity contribution in [3.63, 3.8) is 0 Å². The molecule has 0 aliphatic rings. The second-order valence-electron chi connectivity index (χ2n) is 6.34. The molecule has 3 rings (SSSR count). The summed E-state index contributed by atoms with van der Waals surface area (Å²) in [6, 6.07) is 11.2. The Balaban J connectivity index is 1.77. The van der Waals surface area contributed by atoms with Crippen molar-refractivity contribution in [3.05, 3.63) is 74.6 Å². The Morgan fingerprint density at radius 2 is 1.86 bits per heavy atom. The SMILES string of the molecule is CN(C)S(=O)(=O)c1ccc(C(=O)NCC(O)(c2ccsc2)c2cccs2)cc1. The molecule has 0 saturated heterocycles. The van der Waals surface area contributed by atoms with E-state index in [1.54, 1.807) is 0 Å². The topological polar surface area (TPSA) is 86.7 Å². The number of hydrogen-bond acceptors (Lipinski definition) is 6. The largest absolute Gasteiger partial charge is 0.378 e. The van der Waals surface area contributed by atoms with Crippen molar-refractivity contribution in [1.29, 1.82) is 0 Å². The van der Waals surface area contributed by atoms with Crippen molar-refractivity contribution in [1.82, 2.24) is 9.62 Å². The van der Waals surface area contributed by atoms with Crippen LogP contribution in [-0.2, 0) is 15.6 Å². The van der Waals surface area contributed by atoms with Crippen molar-refractivity contribution >= 4 is 38.6 Å². The van der Waals surface area contributed by atoms with Crippen molar-refractivity contribution in [2.24, 2.45) is 0 Å². The first kappa shape index (κ1) is 20.7. The predicted octanol–water partition coefficient (Wildman–Crippen LogP) is 2.73. The van der Waals surface area contributed by atoms with Gasteiger partial charge in [0.15, 0.2) is 0 Å². The molecule has 2 N–H and O–H groups in total. The summed E-state index contributed by atoms with van der Waals surface area (Å²) in [5.41, 5.74) is -0.290. The summed E-state index contributed by atoms with van der Waals surface area (Å²) in [7, 11) is -0.650. The van der Waals surface area contributed by atoms with Crippen molar-refractivity contribution in [2.45, 2.75) is 10.5 Å². The zero-order chi connectivity index (χ0) is 20.4. The molecule has 1 unspecified atom stereocenters. The van der Waals surface area contributed by atoms with E-state index >= 15 is 0 Å². The molecule has 0 saturated carbocycles. The van der Waals surface area contributed by atoms with Crippen LogP contribution in [0.4, 0.5) is 0 Å². The Kier molecular flexibility index (Phi) is 6.01. The maximum Gasteiger partial charge on any atom is 0.251 e. The molecule has 1 atom stereocenters. The third-order valence-electron chi connectivity index (χ3n) is 4.33. The molecule has 2 heterocycles. The van der Waals surface area contributed by atoms with Gasteiger partial charge in [0.1, 0.15) is 5.60 Å². The third-order valence-corrected chi connectivity index (χ3v) is 7.86. The Labute approximate surface area is 172 Å². The molecule has 2 aromatic heterocycles. The quantitative estimate of drug-likeness (QED) is 0.596. The van der Waals surface area contributed by atoms with Crippen molar-refractivity contribution in [3.8, 4) is 0 Å². The predicted molar refractivity (Wildman–Crippen MR) is 111 cm³/mol. The van der Waals surface area contributed by atoms with Gasteiger partial charge in [-0.15, -0.1) is 11.3 Å². The van der Waals surface area contributed by atoms with Crippen LogP contribution in [0.3, 0.4) is 0 Å². The number of rotatable bonds is 7. The first-order valence-corrected chi connectivity index (χ1v) is 11.6. The highest BCUT2D eigenvalue weighted by atomic mass is 32.2. The van der Waals surface area contributed by atoms with Gasteiger partial charge in [-0.05, 0) is 52.5 Å².